The van der Waals surface area contributed by atoms with Gasteiger partial charge in [0.15, 0.2) is 0 Å². The normalized spacial score (nSPS) is 22.9. The molecule has 0 radical (unpaired) electrons. The van der Waals surface area contributed by atoms with Crippen molar-refractivity contribution in [3.8, 4) is 5.88 Å². The molecule has 0 bridgehead atoms. The lowest BCUT2D eigenvalue weighted by atomic mass is 10.2. The van der Waals surface area contributed by atoms with E-state index in [1.54, 1.807) is 0 Å². The number of nitrogens with zero attached hydrogens (tertiary/aromatic N) is 3. The second-order valence-corrected chi connectivity index (χ2v) is 5.77. The van der Waals surface area contributed by atoms with E-state index in [-0.39, 0.29) is 12.2 Å². The Bertz CT molecular complexity index is 444. The van der Waals surface area contributed by atoms with Crippen LogP contribution in [0.3, 0.4) is 0 Å². The van der Waals surface area contributed by atoms with Crippen molar-refractivity contribution in [3.05, 3.63) is 11.8 Å². The van der Waals surface area contributed by atoms with E-state index >= 15 is 0 Å². The molecule has 1 fully saturated rings. The van der Waals surface area contributed by atoms with Crippen LogP contribution in [0.5, 0.6) is 5.88 Å². The Morgan fingerprint density at radius 1 is 1.45 bits per heavy atom. The summed E-state index contributed by atoms with van der Waals surface area (Å²) < 4.78 is 11.5. The fourth-order valence-electron chi connectivity index (χ4n) is 2.24. The Morgan fingerprint density at radius 2 is 2.25 bits per heavy atom. The molecule has 0 N–H and O–H groups in total. The van der Waals surface area contributed by atoms with E-state index in [9.17, 15) is 0 Å². The maximum absolute atomic E-state index is 5.84. The van der Waals surface area contributed by atoms with Gasteiger partial charge in [-0.25, -0.2) is 4.98 Å². The van der Waals surface area contributed by atoms with E-state index in [2.05, 4.69) is 44.6 Å². The van der Waals surface area contributed by atoms with Crippen LogP contribution in [0.25, 0.3) is 0 Å². The minimum Gasteiger partial charge on any atom is -0.478 e. The van der Waals surface area contributed by atoms with E-state index in [1.165, 1.54) is 0 Å². The van der Waals surface area contributed by atoms with E-state index in [4.69, 9.17) is 9.47 Å². The van der Waals surface area contributed by atoms with Crippen LogP contribution < -0.4 is 9.64 Å². The molecule has 1 saturated heterocycles. The predicted molar refractivity (Wildman–Crippen MR) is 82.9 cm³/mol. The van der Waals surface area contributed by atoms with Gasteiger partial charge in [-0.15, -0.1) is 0 Å². The second-order valence-electron chi connectivity index (χ2n) is 5.12. The summed E-state index contributed by atoms with van der Waals surface area (Å²) in [5, 5.41) is 0.818. The van der Waals surface area contributed by atoms with Crippen LogP contribution in [0.4, 0.5) is 5.95 Å². The molecule has 112 valence electrons. The van der Waals surface area contributed by atoms with Crippen molar-refractivity contribution >= 4 is 21.9 Å². The van der Waals surface area contributed by atoms with Crippen LogP contribution in [-0.4, -0.2) is 47.2 Å². The average molecular weight is 344 g/mol. The number of halogens is 1. The van der Waals surface area contributed by atoms with Gasteiger partial charge < -0.3 is 14.4 Å². The van der Waals surface area contributed by atoms with E-state index in [0.29, 0.717) is 12.5 Å². The molecule has 2 heterocycles. The molecule has 1 aliphatic heterocycles. The van der Waals surface area contributed by atoms with Crippen molar-refractivity contribution in [1.29, 1.82) is 0 Å². The number of hydrogen-bond acceptors (Lipinski definition) is 5. The summed E-state index contributed by atoms with van der Waals surface area (Å²) in [5.41, 5.74) is 0.927. The lowest BCUT2D eigenvalue weighted by Gasteiger charge is -2.36. The first kappa shape index (κ1) is 15.5. The first-order valence-corrected chi connectivity index (χ1v) is 8.19. The Balaban J connectivity index is 2.16. The van der Waals surface area contributed by atoms with Gasteiger partial charge in [-0.05, 0) is 20.3 Å². The molecular formula is C14H22BrN3O2. The number of ether oxygens (including phenoxy) is 2. The largest absolute Gasteiger partial charge is 0.478 e. The van der Waals surface area contributed by atoms with E-state index < -0.39 is 0 Å². The van der Waals surface area contributed by atoms with Crippen LogP contribution >= 0.6 is 15.9 Å². The van der Waals surface area contributed by atoms with Crippen molar-refractivity contribution in [1.82, 2.24) is 9.97 Å². The van der Waals surface area contributed by atoms with Gasteiger partial charge in [0.25, 0.3) is 0 Å². The lowest BCUT2D eigenvalue weighted by molar-refractivity contribution is -0.00254. The van der Waals surface area contributed by atoms with Crippen LogP contribution in [0.2, 0.25) is 0 Å². The number of aryl methyl sites for hydroxylation is 1. The highest BCUT2D eigenvalue weighted by Crippen LogP contribution is 2.21. The van der Waals surface area contributed by atoms with Crippen molar-refractivity contribution in [2.24, 2.45) is 0 Å². The number of morpholine rings is 1. The van der Waals surface area contributed by atoms with Crippen molar-refractivity contribution in [2.75, 3.05) is 29.9 Å². The van der Waals surface area contributed by atoms with Gasteiger partial charge in [-0.2, -0.15) is 4.98 Å². The van der Waals surface area contributed by atoms with Gasteiger partial charge in [0.05, 0.1) is 18.8 Å². The molecule has 2 atom stereocenters. The van der Waals surface area contributed by atoms with Crippen molar-refractivity contribution in [2.45, 2.75) is 39.4 Å². The maximum Gasteiger partial charge on any atom is 0.229 e. The summed E-state index contributed by atoms with van der Waals surface area (Å²) in [6.45, 7) is 8.41. The zero-order valence-electron chi connectivity index (χ0n) is 12.3. The first-order valence-electron chi connectivity index (χ1n) is 7.07. The third kappa shape index (κ3) is 4.06. The first-order chi connectivity index (χ1) is 9.62. The van der Waals surface area contributed by atoms with Gasteiger partial charge in [0, 0.05) is 30.2 Å². The van der Waals surface area contributed by atoms with Gasteiger partial charge in [0.1, 0.15) is 0 Å². The number of rotatable bonds is 5. The standard InChI is InChI=1S/C14H22BrN3O2/c1-4-5-19-13-6-10(2)16-14(17-13)18-8-11(3)20-12(7-15)9-18/h6,11-12H,4-5,7-9H2,1-3H3. The van der Waals surface area contributed by atoms with Crippen LogP contribution in [0.15, 0.2) is 6.07 Å². The maximum atomic E-state index is 5.84. The Labute approximate surface area is 128 Å². The molecule has 0 aliphatic carbocycles. The van der Waals surface area contributed by atoms with Crippen molar-refractivity contribution in [3.63, 3.8) is 0 Å². The molecule has 1 aromatic rings. The molecule has 2 unspecified atom stereocenters. The van der Waals surface area contributed by atoms with Crippen LogP contribution in [-0.2, 0) is 4.74 Å². The van der Waals surface area contributed by atoms with Gasteiger partial charge in [-0.1, -0.05) is 22.9 Å². The minimum absolute atomic E-state index is 0.169. The van der Waals surface area contributed by atoms with Crippen LogP contribution in [0, 0.1) is 6.92 Å². The molecule has 0 saturated carbocycles. The summed E-state index contributed by atoms with van der Waals surface area (Å²) >= 11 is 3.48. The number of hydrogen-bond donors (Lipinski definition) is 0. The predicted octanol–water partition coefficient (Wildman–Crippen LogP) is 2.56. The quantitative estimate of drug-likeness (QED) is 0.769. The molecule has 0 spiro atoms. The molecule has 0 aromatic carbocycles. The zero-order chi connectivity index (χ0) is 14.5. The topological polar surface area (TPSA) is 47.5 Å². The van der Waals surface area contributed by atoms with Gasteiger partial charge in [-0.3, -0.25) is 0 Å². The SMILES string of the molecule is CCCOc1cc(C)nc(N2CC(C)OC(CBr)C2)n1. The highest BCUT2D eigenvalue weighted by atomic mass is 79.9. The summed E-state index contributed by atoms with van der Waals surface area (Å²) in [6.07, 6.45) is 1.32. The fourth-order valence-corrected chi connectivity index (χ4v) is 2.60. The lowest BCUT2D eigenvalue weighted by Crippen LogP contribution is -2.48. The average Bonchev–Trinajstić information content (AvgIpc) is 2.43. The molecule has 1 aromatic heterocycles. The summed E-state index contributed by atoms with van der Waals surface area (Å²) in [5.74, 6) is 1.39. The molecule has 5 nitrogen and oxygen atoms in total. The molecule has 20 heavy (non-hydrogen) atoms. The summed E-state index contributed by atoms with van der Waals surface area (Å²) in [6, 6.07) is 1.88. The Hall–Kier alpha value is -0.880. The van der Waals surface area contributed by atoms with E-state index in [1.807, 2.05) is 13.0 Å². The molecule has 2 rings (SSSR count). The van der Waals surface area contributed by atoms with Gasteiger partial charge in [0.2, 0.25) is 11.8 Å². The Morgan fingerprint density at radius 3 is 2.95 bits per heavy atom. The second kappa shape index (κ2) is 7.22. The third-order valence-electron chi connectivity index (χ3n) is 3.05. The smallest absolute Gasteiger partial charge is 0.229 e. The number of aromatic nitrogens is 2. The zero-order valence-corrected chi connectivity index (χ0v) is 13.9. The molecule has 1 aliphatic rings. The third-order valence-corrected chi connectivity index (χ3v) is 3.78. The summed E-state index contributed by atoms with van der Waals surface area (Å²) in [7, 11) is 0. The molecule has 6 heteroatoms. The minimum atomic E-state index is 0.169. The Kier molecular flexibility index (Phi) is 5.60. The van der Waals surface area contributed by atoms with Gasteiger partial charge >= 0.3 is 0 Å². The monoisotopic (exact) mass is 343 g/mol. The molecule has 0 amide bonds. The highest BCUT2D eigenvalue weighted by Gasteiger charge is 2.26. The van der Waals surface area contributed by atoms with Crippen molar-refractivity contribution < 1.29 is 9.47 Å². The van der Waals surface area contributed by atoms with Crippen LogP contribution in [0.1, 0.15) is 26.0 Å². The summed E-state index contributed by atoms with van der Waals surface area (Å²) in [4.78, 5) is 11.2. The fraction of sp³-hybridized carbons (Fsp3) is 0.714. The van der Waals surface area contributed by atoms with E-state index in [0.717, 1.165) is 36.5 Å². The highest BCUT2D eigenvalue weighted by molar-refractivity contribution is 9.09. The number of anilines is 1. The molecular weight excluding hydrogens is 322 g/mol. The number of alkyl halides is 1.